The number of ether oxygens (including phenoxy) is 1. The van der Waals surface area contributed by atoms with Gasteiger partial charge in [0.25, 0.3) is 0 Å². The molecule has 126 valence electrons. The maximum atomic E-state index is 12.8. The zero-order valence-corrected chi connectivity index (χ0v) is 14.0. The number of carbonyl (C=O) groups is 2. The van der Waals surface area contributed by atoms with E-state index in [0.717, 1.165) is 11.1 Å². The smallest absolute Gasteiger partial charge is 0.304 e. The second-order valence-electron chi connectivity index (χ2n) is 6.04. The van der Waals surface area contributed by atoms with Crippen LogP contribution in [0.15, 0.2) is 54.6 Å². The minimum atomic E-state index is -0.645. The largest absolute Gasteiger partial charge is 0.440 e. The molecule has 5 heteroatoms. The number of likely N-dealkylation sites (tertiary alicyclic amines) is 1. The maximum Gasteiger partial charge on any atom is 0.304 e. The monoisotopic (exact) mass is 334 g/mol. The highest BCUT2D eigenvalue weighted by Crippen LogP contribution is 2.42. The van der Waals surface area contributed by atoms with Crippen LogP contribution >= 0.6 is 0 Å². The number of esters is 1. The summed E-state index contributed by atoms with van der Waals surface area (Å²) in [6, 6.07) is 18.3. The standard InChI is InChI=1S/C20H18N2O3/c1-13(16-6-4-3-5-7-16)22-19(24)18(20(22)25-14(2)23)17-10-8-15(12-21)9-11-17/h3-11,13,18,20H,1-2H3. The van der Waals surface area contributed by atoms with Crippen LogP contribution < -0.4 is 0 Å². The van der Waals surface area contributed by atoms with Crippen LogP contribution in [-0.2, 0) is 14.3 Å². The zero-order chi connectivity index (χ0) is 18.0. The van der Waals surface area contributed by atoms with Gasteiger partial charge in [-0.25, -0.2) is 0 Å². The van der Waals surface area contributed by atoms with Gasteiger partial charge < -0.3 is 4.74 Å². The summed E-state index contributed by atoms with van der Waals surface area (Å²) in [4.78, 5) is 25.9. The van der Waals surface area contributed by atoms with E-state index >= 15 is 0 Å². The highest BCUT2D eigenvalue weighted by Gasteiger charge is 2.52. The summed E-state index contributed by atoms with van der Waals surface area (Å²) in [6.07, 6.45) is -0.645. The Morgan fingerprint density at radius 3 is 2.36 bits per heavy atom. The first-order valence-corrected chi connectivity index (χ1v) is 8.07. The van der Waals surface area contributed by atoms with Crippen LogP contribution in [0.2, 0.25) is 0 Å². The molecule has 0 saturated carbocycles. The first kappa shape index (κ1) is 16.7. The van der Waals surface area contributed by atoms with E-state index in [4.69, 9.17) is 10.00 Å². The lowest BCUT2D eigenvalue weighted by atomic mass is 9.85. The van der Waals surface area contributed by atoms with E-state index in [1.54, 1.807) is 29.2 Å². The van der Waals surface area contributed by atoms with Crippen molar-refractivity contribution in [3.63, 3.8) is 0 Å². The summed E-state index contributed by atoms with van der Waals surface area (Å²) in [5.74, 6) is -1.06. The Hall–Kier alpha value is -3.13. The molecule has 3 atom stereocenters. The summed E-state index contributed by atoms with van der Waals surface area (Å²) in [5.41, 5.74) is 2.24. The van der Waals surface area contributed by atoms with E-state index in [9.17, 15) is 9.59 Å². The van der Waals surface area contributed by atoms with Crippen LogP contribution in [0, 0.1) is 11.3 Å². The van der Waals surface area contributed by atoms with Crippen molar-refractivity contribution in [3.05, 3.63) is 71.3 Å². The van der Waals surface area contributed by atoms with Crippen molar-refractivity contribution in [2.75, 3.05) is 0 Å². The molecule has 0 aromatic heterocycles. The summed E-state index contributed by atoms with van der Waals surface area (Å²) in [5, 5.41) is 8.91. The molecule has 1 aliphatic rings. The summed E-state index contributed by atoms with van der Waals surface area (Å²) in [7, 11) is 0. The molecule has 3 rings (SSSR count). The Balaban J connectivity index is 1.89. The Morgan fingerprint density at radius 1 is 1.16 bits per heavy atom. The number of hydrogen-bond acceptors (Lipinski definition) is 4. The summed E-state index contributed by atoms with van der Waals surface area (Å²) < 4.78 is 5.44. The second-order valence-corrected chi connectivity index (χ2v) is 6.04. The first-order chi connectivity index (χ1) is 12.0. The molecule has 0 radical (unpaired) electrons. The fourth-order valence-corrected chi connectivity index (χ4v) is 3.16. The predicted octanol–water partition coefficient (Wildman–Crippen LogP) is 3.13. The van der Waals surface area contributed by atoms with Gasteiger partial charge in [0.2, 0.25) is 5.91 Å². The summed E-state index contributed by atoms with van der Waals surface area (Å²) in [6.45, 7) is 3.25. The fraction of sp³-hybridized carbons (Fsp3) is 0.250. The van der Waals surface area contributed by atoms with Crippen LogP contribution in [0.25, 0.3) is 0 Å². The molecule has 0 spiro atoms. The van der Waals surface area contributed by atoms with Crippen molar-refractivity contribution in [1.82, 2.24) is 4.90 Å². The van der Waals surface area contributed by atoms with Crippen LogP contribution in [0.5, 0.6) is 0 Å². The molecule has 0 N–H and O–H groups in total. The average Bonchev–Trinajstić information content (AvgIpc) is 2.62. The number of hydrogen-bond donors (Lipinski definition) is 0. The average molecular weight is 334 g/mol. The van der Waals surface area contributed by atoms with Gasteiger partial charge in [0.1, 0.15) is 5.92 Å². The predicted molar refractivity (Wildman–Crippen MR) is 91.2 cm³/mol. The minimum Gasteiger partial charge on any atom is -0.440 e. The van der Waals surface area contributed by atoms with Gasteiger partial charge in [0.15, 0.2) is 6.23 Å². The van der Waals surface area contributed by atoms with Crippen molar-refractivity contribution in [2.24, 2.45) is 0 Å². The fourth-order valence-electron chi connectivity index (χ4n) is 3.16. The molecule has 1 heterocycles. The van der Waals surface area contributed by atoms with E-state index in [2.05, 4.69) is 6.07 Å². The molecule has 3 unspecified atom stereocenters. The van der Waals surface area contributed by atoms with Crippen LogP contribution in [0.1, 0.15) is 42.5 Å². The lowest BCUT2D eigenvalue weighted by molar-refractivity contribution is -0.193. The number of carbonyl (C=O) groups excluding carboxylic acids is 2. The Morgan fingerprint density at radius 2 is 1.80 bits per heavy atom. The molecule has 1 amide bonds. The number of nitrogens with zero attached hydrogens (tertiary/aromatic N) is 2. The second kappa shape index (κ2) is 6.78. The van der Waals surface area contributed by atoms with E-state index in [-0.39, 0.29) is 11.9 Å². The normalized spacial score (nSPS) is 20.4. The SMILES string of the molecule is CC(=O)OC1C(c2ccc(C#N)cc2)C(=O)N1C(C)c1ccccc1. The number of rotatable bonds is 4. The van der Waals surface area contributed by atoms with Gasteiger partial charge in [-0.3, -0.25) is 14.5 Å². The van der Waals surface area contributed by atoms with Crippen LogP contribution in [-0.4, -0.2) is 23.0 Å². The number of benzene rings is 2. The van der Waals surface area contributed by atoms with Crippen molar-refractivity contribution in [3.8, 4) is 6.07 Å². The van der Waals surface area contributed by atoms with Crippen molar-refractivity contribution >= 4 is 11.9 Å². The zero-order valence-electron chi connectivity index (χ0n) is 14.0. The third kappa shape index (κ3) is 3.11. The topological polar surface area (TPSA) is 70.4 Å². The number of β-lactam (4-membered cyclic amide) rings is 1. The molecular formula is C20H18N2O3. The maximum absolute atomic E-state index is 12.8. The van der Waals surface area contributed by atoms with Gasteiger partial charge in [0, 0.05) is 6.92 Å². The molecular weight excluding hydrogens is 316 g/mol. The Labute approximate surface area is 146 Å². The molecule has 2 aromatic rings. The van der Waals surface area contributed by atoms with Gasteiger partial charge in [-0.1, -0.05) is 42.5 Å². The summed E-state index contributed by atoms with van der Waals surface area (Å²) >= 11 is 0. The highest BCUT2D eigenvalue weighted by molar-refractivity contribution is 5.91. The molecule has 2 aromatic carbocycles. The molecule has 1 fully saturated rings. The van der Waals surface area contributed by atoms with Gasteiger partial charge in [-0.15, -0.1) is 0 Å². The third-order valence-corrected chi connectivity index (χ3v) is 4.46. The van der Waals surface area contributed by atoms with Crippen molar-refractivity contribution in [2.45, 2.75) is 32.0 Å². The molecule has 1 saturated heterocycles. The van der Waals surface area contributed by atoms with E-state index in [0.29, 0.717) is 5.56 Å². The van der Waals surface area contributed by atoms with Crippen LogP contribution in [0.3, 0.4) is 0 Å². The van der Waals surface area contributed by atoms with Crippen LogP contribution in [0.4, 0.5) is 0 Å². The van der Waals surface area contributed by atoms with Crippen molar-refractivity contribution < 1.29 is 14.3 Å². The lowest BCUT2D eigenvalue weighted by Gasteiger charge is -2.49. The first-order valence-electron chi connectivity index (χ1n) is 8.07. The quantitative estimate of drug-likeness (QED) is 0.636. The van der Waals surface area contributed by atoms with Gasteiger partial charge in [-0.2, -0.15) is 5.26 Å². The Bertz CT molecular complexity index is 824. The van der Waals surface area contributed by atoms with E-state index < -0.39 is 18.1 Å². The Kier molecular flexibility index (Phi) is 4.53. The van der Waals surface area contributed by atoms with Gasteiger partial charge in [0.05, 0.1) is 17.7 Å². The number of amides is 1. The molecule has 0 bridgehead atoms. The molecule has 5 nitrogen and oxygen atoms in total. The highest BCUT2D eigenvalue weighted by atomic mass is 16.6. The van der Waals surface area contributed by atoms with Crippen molar-refractivity contribution in [1.29, 1.82) is 5.26 Å². The van der Waals surface area contributed by atoms with E-state index in [1.807, 2.05) is 37.3 Å². The molecule has 25 heavy (non-hydrogen) atoms. The van der Waals surface area contributed by atoms with Gasteiger partial charge in [-0.05, 0) is 30.2 Å². The third-order valence-electron chi connectivity index (χ3n) is 4.46. The van der Waals surface area contributed by atoms with Gasteiger partial charge >= 0.3 is 5.97 Å². The van der Waals surface area contributed by atoms with E-state index in [1.165, 1.54) is 6.92 Å². The lowest BCUT2D eigenvalue weighted by Crippen LogP contribution is -2.61. The number of nitriles is 1. The molecule has 0 aliphatic carbocycles. The minimum absolute atomic E-state index is 0.0905. The molecule has 1 aliphatic heterocycles.